The zero-order valence-electron chi connectivity index (χ0n) is 12.1. The van der Waals surface area contributed by atoms with Crippen LogP contribution >= 0.6 is 0 Å². The van der Waals surface area contributed by atoms with Crippen molar-refractivity contribution in [1.29, 1.82) is 0 Å². The van der Waals surface area contributed by atoms with Crippen LogP contribution < -0.4 is 0 Å². The molecule has 1 aliphatic heterocycles. The molecule has 1 fully saturated rings. The molecule has 0 aromatic heterocycles. The van der Waals surface area contributed by atoms with Crippen molar-refractivity contribution in [1.82, 2.24) is 4.57 Å². The van der Waals surface area contributed by atoms with E-state index in [0.717, 1.165) is 19.3 Å². The molecular weight excluding hydrogens is 275 g/mol. The summed E-state index contributed by atoms with van der Waals surface area (Å²) in [6, 6.07) is 0.352. The van der Waals surface area contributed by atoms with E-state index in [1.165, 1.54) is 14.2 Å². The normalized spacial score (nSPS) is 26.7. The van der Waals surface area contributed by atoms with Crippen LogP contribution in [0.4, 0.5) is 13.2 Å². The Bertz CT molecular complexity index is 275. The topological polar surface area (TPSA) is 21.7 Å². The predicted molar refractivity (Wildman–Crippen MR) is 69.9 cm³/mol. The monoisotopic (exact) mass is 299 g/mol. The van der Waals surface area contributed by atoms with Gasteiger partial charge >= 0.3 is 14.9 Å². The van der Waals surface area contributed by atoms with Crippen LogP contribution in [0.15, 0.2) is 0 Å². The number of halogens is 3. The van der Waals surface area contributed by atoms with Gasteiger partial charge in [0.15, 0.2) is 0 Å². The molecule has 1 rings (SSSR count). The number of piperidine rings is 1. The highest BCUT2D eigenvalue weighted by molar-refractivity contribution is 6.64. The molecule has 2 unspecified atom stereocenters. The third-order valence-electron chi connectivity index (χ3n) is 3.95. The van der Waals surface area contributed by atoms with E-state index in [2.05, 4.69) is 4.57 Å². The average molecular weight is 299 g/mol. The molecule has 0 aromatic rings. The second-order valence-corrected chi connectivity index (χ2v) is 8.53. The van der Waals surface area contributed by atoms with Crippen LogP contribution in [0.2, 0.25) is 6.04 Å². The van der Waals surface area contributed by atoms with E-state index in [1.54, 1.807) is 0 Å². The third-order valence-corrected chi connectivity index (χ3v) is 7.78. The summed E-state index contributed by atoms with van der Waals surface area (Å²) < 4.78 is 50.6. The lowest BCUT2D eigenvalue weighted by Crippen LogP contribution is -2.65. The zero-order chi connectivity index (χ0) is 14.7. The molecule has 1 heterocycles. The first-order valence-electron chi connectivity index (χ1n) is 6.71. The summed E-state index contributed by atoms with van der Waals surface area (Å²) >= 11 is 0. The lowest BCUT2D eigenvalue weighted by atomic mass is 10.0. The summed E-state index contributed by atoms with van der Waals surface area (Å²) in [6.45, 7) is 4.09. The van der Waals surface area contributed by atoms with Gasteiger partial charge in [-0.05, 0) is 26.7 Å². The molecule has 0 bridgehead atoms. The van der Waals surface area contributed by atoms with Crippen LogP contribution in [0.3, 0.4) is 0 Å². The van der Waals surface area contributed by atoms with Crippen molar-refractivity contribution in [3.8, 4) is 0 Å². The summed E-state index contributed by atoms with van der Waals surface area (Å²) in [5, 5.41) is 0. The van der Waals surface area contributed by atoms with E-state index in [4.69, 9.17) is 8.85 Å². The Morgan fingerprint density at radius 3 is 1.95 bits per heavy atom. The first-order chi connectivity index (χ1) is 8.75. The molecule has 2 atom stereocenters. The van der Waals surface area contributed by atoms with E-state index >= 15 is 0 Å². The molecule has 0 amide bonds. The van der Waals surface area contributed by atoms with Gasteiger partial charge in [0.25, 0.3) is 0 Å². The van der Waals surface area contributed by atoms with Crippen molar-refractivity contribution in [3.63, 3.8) is 0 Å². The van der Waals surface area contributed by atoms with Crippen LogP contribution in [0, 0.1) is 0 Å². The minimum absolute atomic E-state index is 0.0712. The molecule has 0 radical (unpaired) electrons. The fourth-order valence-corrected chi connectivity index (χ4v) is 6.48. The zero-order valence-corrected chi connectivity index (χ0v) is 13.1. The molecule has 0 aromatic carbocycles. The first kappa shape index (κ1) is 16.9. The van der Waals surface area contributed by atoms with Gasteiger partial charge in [-0.2, -0.15) is 13.2 Å². The highest BCUT2D eigenvalue weighted by Gasteiger charge is 2.50. The minimum atomic E-state index is -4.17. The molecular formula is C12H24F3NO2Si. The van der Waals surface area contributed by atoms with Gasteiger partial charge in [0.2, 0.25) is 0 Å². The quantitative estimate of drug-likeness (QED) is 0.726. The van der Waals surface area contributed by atoms with Crippen molar-refractivity contribution in [2.45, 2.75) is 63.8 Å². The lowest BCUT2D eigenvalue weighted by molar-refractivity contribution is -0.132. The maximum absolute atomic E-state index is 12.5. The Balaban J connectivity index is 2.89. The molecule has 1 aliphatic rings. The van der Waals surface area contributed by atoms with Gasteiger partial charge in [0.05, 0.1) is 0 Å². The van der Waals surface area contributed by atoms with Gasteiger partial charge in [0.1, 0.15) is 0 Å². The van der Waals surface area contributed by atoms with Crippen molar-refractivity contribution in [2.75, 3.05) is 14.2 Å². The average Bonchev–Trinajstić information content (AvgIpc) is 2.32. The summed E-state index contributed by atoms with van der Waals surface area (Å²) in [6.07, 6.45) is -1.94. The molecule has 19 heavy (non-hydrogen) atoms. The molecule has 7 heteroatoms. The maximum atomic E-state index is 12.5. The third kappa shape index (κ3) is 4.17. The van der Waals surface area contributed by atoms with Crippen molar-refractivity contribution in [2.24, 2.45) is 0 Å². The van der Waals surface area contributed by atoms with E-state index < -0.39 is 21.3 Å². The van der Waals surface area contributed by atoms with E-state index in [9.17, 15) is 13.2 Å². The molecule has 0 aliphatic carbocycles. The van der Waals surface area contributed by atoms with E-state index in [1.807, 2.05) is 13.8 Å². The summed E-state index contributed by atoms with van der Waals surface area (Å²) in [4.78, 5) is 0. The van der Waals surface area contributed by atoms with Crippen molar-refractivity contribution < 1.29 is 22.0 Å². The van der Waals surface area contributed by atoms with Gasteiger partial charge in [-0.25, -0.2) is 0 Å². The second kappa shape index (κ2) is 6.56. The molecule has 0 saturated carbocycles. The Kier molecular flexibility index (Phi) is 5.85. The van der Waals surface area contributed by atoms with Gasteiger partial charge < -0.3 is 8.85 Å². The Hall–Kier alpha value is -0.113. The Morgan fingerprint density at radius 2 is 1.58 bits per heavy atom. The molecule has 1 saturated heterocycles. The summed E-state index contributed by atoms with van der Waals surface area (Å²) in [5.74, 6) is 0. The summed E-state index contributed by atoms with van der Waals surface area (Å²) in [7, 11) is -0.0205. The number of hydrogen-bond acceptors (Lipinski definition) is 3. The van der Waals surface area contributed by atoms with Gasteiger partial charge in [-0.3, -0.25) is 4.57 Å². The van der Waals surface area contributed by atoms with Gasteiger partial charge in [0, 0.05) is 38.8 Å². The molecule has 0 N–H and O–H groups in total. The molecule has 0 spiro atoms. The predicted octanol–water partition coefficient (Wildman–Crippen LogP) is 3.43. The Morgan fingerprint density at radius 1 is 1.11 bits per heavy atom. The largest absolute Gasteiger partial charge is 0.428 e. The number of rotatable bonds is 5. The highest BCUT2D eigenvalue weighted by atomic mass is 28.4. The van der Waals surface area contributed by atoms with Crippen LogP contribution in [0.25, 0.3) is 0 Å². The summed E-state index contributed by atoms with van der Waals surface area (Å²) in [5.41, 5.74) is 0. The highest BCUT2D eigenvalue weighted by Crippen LogP contribution is 2.34. The molecule has 3 nitrogen and oxygen atoms in total. The lowest BCUT2D eigenvalue weighted by Gasteiger charge is -2.48. The van der Waals surface area contributed by atoms with Crippen LogP contribution in [-0.2, 0) is 8.85 Å². The first-order valence-corrected chi connectivity index (χ1v) is 8.68. The number of nitrogens with zero attached hydrogens (tertiary/aromatic N) is 1. The Labute approximate surface area is 114 Å². The minimum Gasteiger partial charge on any atom is -0.386 e. The van der Waals surface area contributed by atoms with Gasteiger partial charge in [-0.15, -0.1) is 0 Å². The SMILES string of the molecule is CO[Si](CCC(F)(F)F)(OC)N1C(C)CCCC1C. The standard InChI is InChI=1S/C12H24F3NO2Si/c1-10-6-5-7-11(2)16(10)19(17-3,18-4)9-8-12(13,14)15/h10-11H,5-9H2,1-4H3. The van der Waals surface area contributed by atoms with Crippen LogP contribution in [0.5, 0.6) is 0 Å². The smallest absolute Gasteiger partial charge is 0.386 e. The maximum Gasteiger partial charge on any atom is 0.428 e. The van der Waals surface area contributed by atoms with Crippen molar-refractivity contribution >= 4 is 8.72 Å². The van der Waals surface area contributed by atoms with E-state index in [-0.39, 0.29) is 18.1 Å². The fraction of sp³-hybridized carbons (Fsp3) is 1.00. The van der Waals surface area contributed by atoms with E-state index in [0.29, 0.717) is 0 Å². The molecule has 114 valence electrons. The second-order valence-electron chi connectivity index (χ2n) is 5.27. The van der Waals surface area contributed by atoms with Crippen LogP contribution in [0.1, 0.15) is 39.5 Å². The number of alkyl halides is 3. The fourth-order valence-electron chi connectivity index (χ4n) is 3.02. The van der Waals surface area contributed by atoms with Crippen molar-refractivity contribution in [3.05, 3.63) is 0 Å². The van der Waals surface area contributed by atoms with Gasteiger partial charge in [-0.1, -0.05) is 6.42 Å². The number of hydrogen-bond donors (Lipinski definition) is 0. The van der Waals surface area contributed by atoms with Crippen LogP contribution in [-0.4, -0.2) is 45.8 Å².